The summed E-state index contributed by atoms with van der Waals surface area (Å²) in [6, 6.07) is 24.6. The third-order valence-corrected chi connectivity index (χ3v) is 15.7. The maximum atomic E-state index is 15.2. The highest BCUT2D eigenvalue weighted by Crippen LogP contribution is 2.78. The molecular formula is C48H48ClF3N2O5. The van der Waals surface area contributed by atoms with Gasteiger partial charge in [0.1, 0.15) is 5.76 Å². The number of fused-ring (bicyclic) bond motifs is 1. The Kier molecular flexibility index (Phi) is 9.42. The molecule has 0 radical (unpaired) electrons. The number of hydrogen-bond acceptors (Lipinski definition) is 5. The van der Waals surface area contributed by atoms with E-state index in [4.69, 9.17) is 16.0 Å². The summed E-state index contributed by atoms with van der Waals surface area (Å²) >= 11 is 6.40. The van der Waals surface area contributed by atoms with Crippen LogP contribution in [0.1, 0.15) is 80.5 Å². The number of furan rings is 1. The molecule has 308 valence electrons. The highest BCUT2D eigenvalue weighted by Gasteiger charge is 2.74. The van der Waals surface area contributed by atoms with Gasteiger partial charge in [0.25, 0.3) is 0 Å². The Hall–Kier alpha value is -4.64. The van der Waals surface area contributed by atoms with Crippen molar-refractivity contribution in [2.45, 2.75) is 83.2 Å². The molecule has 8 atom stereocenters. The van der Waals surface area contributed by atoms with E-state index in [1.165, 1.54) is 18.2 Å². The van der Waals surface area contributed by atoms with Gasteiger partial charge in [-0.05, 0) is 110 Å². The molecule has 6 aliphatic rings. The highest BCUT2D eigenvalue weighted by molar-refractivity contribution is 6.33. The van der Waals surface area contributed by atoms with Crippen molar-refractivity contribution in [3.05, 3.63) is 137 Å². The summed E-state index contributed by atoms with van der Waals surface area (Å²) < 4.78 is 47.3. The first-order valence-electron chi connectivity index (χ1n) is 20.5. The second kappa shape index (κ2) is 14.0. The van der Waals surface area contributed by atoms with Crippen LogP contribution < -0.4 is 5.32 Å². The molecule has 2 amide bonds. The number of ketones is 1. The average Bonchev–Trinajstić information content (AvgIpc) is 3.80. The number of nitrogens with one attached hydrogen (secondary N) is 1. The van der Waals surface area contributed by atoms with Gasteiger partial charge in [0.2, 0.25) is 5.78 Å². The lowest BCUT2D eigenvalue weighted by Gasteiger charge is -2.71. The molecule has 59 heavy (non-hydrogen) atoms. The van der Waals surface area contributed by atoms with E-state index < -0.39 is 39.7 Å². The predicted octanol–water partition coefficient (Wildman–Crippen LogP) is 11.1. The third-order valence-electron chi connectivity index (χ3n) is 15.3. The summed E-state index contributed by atoms with van der Waals surface area (Å²) in [4.78, 5) is 31.0. The molecule has 1 heterocycles. The topological polar surface area (TPSA) is 103 Å². The maximum absolute atomic E-state index is 15.2. The van der Waals surface area contributed by atoms with Gasteiger partial charge in [0, 0.05) is 39.6 Å². The molecule has 0 aliphatic heterocycles. The number of aliphatic hydroxyl groups is 2. The number of urea groups is 1. The van der Waals surface area contributed by atoms with Gasteiger partial charge in [-0.3, -0.25) is 4.79 Å². The number of halogens is 4. The molecule has 0 saturated heterocycles. The molecule has 2 spiro atoms. The van der Waals surface area contributed by atoms with Gasteiger partial charge in [0.15, 0.2) is 5.76 Å². The van der Waals surface area contributed by atoms with Crippen LogP contribution in [0, 0.1) is 33.5 Å². The fourth-order valence-electron chi connectivity index (χ4n) is 12.3. The molecule has 2 bridgehead atoms. The smallest absolute Gasteiger partial charge is 0.416 e. The number of hydrogen-bond donors (Lipinski definition) is 3. The van der Waals surface area contributed by atoms with Crippen molar-refractivity contribution >= 4 is 29.1 Å². The number of carbonyl (C=O) groups excluding carboxylic acids is 2. The summed E-state index contributed by atoms with van der Waals surface area (Å²) in [6.45, 7) is 4.75. The number of rotatable bonds is 8. The number of anilines is 1. The van der Waals surface area contributed by atoms with Gasteiger partial charge in [-0.1, -0.05) is 92.2 Å². The second-order valence-corrected chi connectivity index (χ2v) is 18.5. The number of aliphatic hydroxyl groups excluding tert-OH is 1. The van der Waals surface area contributed by atoms with Crippen molar-refractivity contribution in [3.63, 3.8) is 0 Å². The van der Waals surface area contributed by atoms with Gasteiger partial charge in [-0.15, -0.1) is 0 Å². The zero-order chi connectivity index (χ0) is 41.6. The predicted molar refractivity (Wildman–Crippen MR) is 219 cm³/mol. The fraction of sp³-hybridized carbons (Fsp3) is 0.417. The first kappa shape index (κ1) is 39.8. The summed E-state index contributed by atoms with van der Waals surface area (Å²) in [5.74, 6) is -0.567. The van der Waals surface area contributed by atoms with Gasteiger partial charge < -0.3 is 24.8 Å². The Labute approximate surface area is 346 Å². The van der Waals surface area contributed by atoms with E-state index in [2.05, 4.69) is 37.4 Å². The van der Waals surface area contributed by atoms with Crippen molar-refractivity contribution in [2.75, 3.05) is 11.9 Å². The summed E-state index contributed by atoms with van der Waals surface area (Å²) in [5.41, 5.74) is -2.54. The molecule has 6 aliphatic carbocycles. The Morgan fingerprint density at radius 2 is 1.56 bits per heavy atom. The summed E-state index contributed by atoms with van der Waals surface area (Å²) in [7, 11) is 0. The largest absolute Gasteiger partial charge is 0.453 e. The van der Waals surface area contributed by atoms with E-state index in [0.29, 0.717) is 49.8 Å². The summed E-state index contributed by atoms with van der Waals surface area (Å²) in [6.07, 6.45) is 5.54. The maximum Gasteiger partial charge on any atom is 0.416 e. The zero-order valence-electron chi connectivity index (χ0n) is 33.1. The normalized spacial score (nSPS) is 33.1. The number of alkyl halides is 3. The van der Waals surface area contributed by atoms with Crippen molar-refractivity contribution in [2.24, 2.45) is 33.5 Å². The first-order chi connectivity index (χ1) is 28.0. The van der Waals surface area contributed by atoms with Crippen LogP contribution >= 0.6 is 11.6 Å². The molecule has 4 aromatic rings. The zero-order valence-corrected chi connectivity index (χ0v) is 33.8. The lowest BCUT2D eigenvalue weighted by Crippen LogP contribution is -2.67. The summed E-state index contributed by atoms with van der Waals surface area (Å²) in [5, 5.41) is 27.3. The minimum absolute atomic E-state index is 0.00831. The molecule has 10 rings (SSSR count). The van der Waals surface area contributed by atoms with E-state index in [9.17, 15) is 28.2 Å². The van der Waals surface area contributed by atoms with Crippen molar-refractivity contribution in [3.8, 4) is 11.3 Å². The van der Waals surface area contributed by atoms with Crippen LogP contribution in [0.5, 0.6) is 0 Å². The number of benzene rings is 3. The standard InChI is InChI=1S/C48H48ClF3N2O5/c1-43-20-17-33(55)26-45(43)23-24-47(35(27-45)41(56)38-16-15-37(59-38)34-25-31(48(50,51)52)13-14-36(34)49)39(43)18-21-44(2)40(47)19-22-46(44,58)29-54(28-30-9-5-3-6-10-30)42(57)53-32-11-7-4-8-12-32/h3-16,23-25,27,33,39-40,55,58H,17-22,26,28-29H2,1-2H3,(H,53,57). The van der Waals surface area contributed by atoms with E-state index in [0.717, 1.165) is 24.1 Å². The molecular weight excluding hydrogens is 777 g/mol. The van der Waals surface area contributed by atoms with Gasteiger partial charge in [-0.25, -0.2) is 4.79 Å². The third kappa shape index (κ3) is 6.14. The first-order valence-corrected chi connectivity index (χ1v) is 20.9. The minimum atomic E-state index is -4.60. The van der Waals surface area contributed by atoms with Gasteiger partial charge in [0.05, 0.1) is 28.8 Å². The van der Waals surface area contributed by atoms with Crippen molar-refractivity contribution in [1.82, 2.24) is 4.90 Å². The number of allylic oxidation sites excluding steroid dienone is 4. The van der Waals surface area contributed by atoms with Gasteiger partial charge in [-0.2, -0.15) is 13.2 Å². The Balaban J connectivity index is 1.10. The Morgan fingerprint density at radius 1 is 0.881 bits per heavy atom. The molecule has 8 unspecified atom stereocenters. The molecule has 11 heteroatoms. The van der Waals surface area contributed by atoms with Crippen molar-refractivity contribution < 1.29 is 37.4 Å². The lowest BCUT2D eigenvalue weighted by atomic mass is 9.32. The van der Waals surface area contributed by atoms with E-state index >= 15 is 4.79 Å². The van der Waals surface area contributed by atoms with Crippen LogP contribution in [-0.2, 0) is 12.7 Å². The minimum Gasteiger partial charge on any atom is -0.453 e. The Bertz CT molecular complexity index is 2360. The van der Waals surface area contributed by atoms with Crippen LogP contribution in [0.15, 0.2) is 119 Å². The van der Waals surface area contributed by atoms with Crippen LogP contribution in [0.3, 0.4) is 0 Å². The number of amides is 2. The fourth-order valence-corrected chi connectivity index (χ4v) is 12.5. The second-order valence-electron chi connectivity index (χ2n) is 18.1. The molecule has 7 nitrogen and oxygen atoms in total. The van der Waals surface area contributed by atoms with Gasteiger partial charge >= 0.3 is 12.2 Å². The molecule has 3 saturated carbocycles. The lowest BCUT2D eigenvalue weighted by molar-refractivity contribution is -0.174. The van der Waals surface area contributed by atoms with E-state index in [1.807, 2.05) is 60.7 Å². The van der Waals surface area contributed by atoms with Crippen LogP contribution in [0.2, 0.25) is 5.02 Å². The van der Waals surface area contributed by atoms with E-state index in [-0.39, 0.29) is 64.3 Å². The van der Waals surface area contributed by atoms with E-state index in [1.54, 1.807) is 4.90 Å². The number of carbonyl (C=O) groups is 2. The molecule has 3 fully saturated rings. The van der Waals surface area contributed by atoms with Crippen LogP contribution in [0.25, 0.3) is 11.3 Å². The number of nitrogens with zero attached hydrogens (tertiary/aromatic N) is 1. The van der Waals surface area contributed by atoms with Crippen LogP contribution in [0.4, 0.5) is 23.7 Å². The quantitative estimate of drug-likeness (QED) is 0.121. The Morgan fingerprint density at radius 3 is 2.29 bits per heavy atom. The number of Topliss-reactive ketones (excluding diaryl/α,β-unsaturated/α-hetero) is 1. The van der Waals surface area contributed by atoms with Crippen LogP contribution in [-0.4, -0.2) is 45.2 Å². The molecule has 1 aromatic heterocycles. The molecule has 3 aromatic carbocycles. The SMILES string of the molecule is CC12CCC(O)CC13C=CC1(C(C(=O)c4ccc(-c5cc(C(F)(F)F)ccc5Cl)o4)=C3)C2CCC2(C)C1CCC2(O)CN(Cc1ccccc1)C(=O)Nc1ccccc1. The highest BCUT2D eigenvalue weighted by atomic mass is 35.5. The average molecular weight is 825 g/mol. The van der Waals surface area contributed by atoms with Crippen molar-refractivity contribution in [1.29, 1.82) is 0 Å². The molecule has 3 N–H and O–H groups in total. The number of para-hydroxylation sites is 1. The monoisotopic (exact) mass is 824 g/mol.